The molecule has 2 heteroatoms. The Labute approximate surface area is 118 Å². The zero-order chi connectivity index (χ0) is 13.9. The zero-order valence-electron chi connectivity index (χ0n) is 12.9. The summed E-state index contributed by atoms with van der Waals surface area (Å²) < 4.78 is 0. The van der Waals surface area contributed by atoms with Crippen LogP contribution < -0.4 is 10.2 Å². The molecule has 1 heterocycles. The van der Waals surface area contributed by atoms with Crippen LogP contribution in [-0.4, -0.2) is 18.6 Å². The molecular formula is C17H28N2. The van der Waals surface area contributed by atoms with Gasteiger partial charge in [-0.1, -0.05) is 44.9 Å². The van der Waals surface area contributed by atoms with Crippen molar-refractivity contribution in [3.63, 3.8) is 0 Å². The molecule has 0 saturated carbocycles. The summed E-state index contributed by atoms with van der Waals surface area (Å²) in [6.07, 6.45) is 2.53. The number of rotatable bonds is 4. The molecule has 0 saturated heterocycles. The number of anilines is 1. The summed E-state index contributed by atoms with van der Waals surface area (Å²) in [6, 6.07) is 8.84. The van der Waals surface area contributed by atoms with E-state index in [9.17, 15) is 0 Å². The van der Waals surface area contributed by atoms with Crippen molar-refractivity contribution < 1.29 is 0 Å². The highest BCUT2D eigenvalue weighted by Crippen LogP contribution is 2.27. The summed E-state index contributed by atoms with van der Waals surface area (Å²) in [7, 11) is 0. The molecule has 1 N–H and O–H groups in total. The minimum atomic E-state index is 0.172. The first-order valence-corrected chi connectivity index (χ1v) is 7.63. The zero-order valence-corrected chi connectivity index (χ0v) is 12.9. The van der Waals surface area contributed by atoms with E-state index >= 15 is 0 Å². The van der Waals surface area contributed by atoms with Gasteiger partial charge in [0.05, 0.1) is 0 Å². The predicted octanol–water partition coefficient (Wildman–Crippen LogP) is 3.81. The Kier molecular flexibility index (Phi) is 4.51. The quantitative estimate of drug-likeness (QED) is 0.885. The first kappa shape index (κ1) is 14.4. The lowest BCUT2D eigenvalue weighted by molar-refractivity contribution is 0.381. The third-order valence-corrected chi connectivity index (χ3v) is 4.31. The van der Waals surface area contributed by atoms with Crippen LogP contribution in [0.5, 0.6) is 0 Å². The van der Waals surface area contributed by atoms with E-state index in [0.29, 0.717) is 0 Å². The molecule has 1 aromatic carbocycles. The van der Waals surface area contributed by atoms with Crippen molar-refractivity contribution >= 4 is 5.69 Å². The van der Waals surface area contributed by atoms with Crippen molar-refractivity contribution in [3.8, 4) is 0 Å². The van der Waals surface area contributed by atoms with E-state index in [1.54, 1.807) is 0 Å². The molecule has 0 radical (unpaired) electrons. The van der Waals surface area contributed by atoms with E-state index in [1.807, 2.05) is 0 Å². The number of hydrogen-bond acceptors (Lipinski definition) is 2. The largest absolute Gasteiger partial charge is 0.369 e. The summed E-state index contributed by atoms with van der Waals surface area (Å²) in [6.45, 7) is 12.5. The van der Waals surface area contributed by atoms with E-state index < -0.39 is 0 Å². The van der Waals surface area contributed by atoms with Crippen LogP contribution in [-0.2, 0) is 6.54 Å². The number of nitrogens with one attached hydrogen (secondary N) is 1. The summed E-state index contributed by atoms with van der Waals surface area (Å²) in [5.74, 6) is 0.793. The smallest absolute Gasteiger partial charge is 0.0412 e. The van der Waals surface area contributed by atoms with Gasteiger partial charge in [0.25, 0.3) is 0 Å². The molecule has 0 bridgehead atoms. The Morgan fingerprint density at radius 3 is 2.58 bits per heavy atom. The molecule has 19 heavy (non-hydrogen) atoms. The average molecular weight is 260 g/mol. The molecule has 1 aliphatic heterocycles. The maximum absolute atomic E-state index is 3.67. The van der Waals surface area contributed by atoms with Crippen LogP contribution in [0.3, 0.4) is 0 Å². The van der Waals surface area contributed by atoms with E-state index in [2.05, 4.69) is 62.2 Å². The van der Waals surface area contributed by atoms with E-state index in [0.717, 1.165) is 19.0 Å². The molecule has 0 fully saturated rings. The molecule has 0 unspecified atom stereocenters. The van der Waals surface area contributed by atoms with Gasteiger partial charge in [-0.25, -0.2) is 0 Å². The second-order valence-electron chi connectivity index (χ2n) is 6.43. The fourth-order valence-electron chi connectivity index (χ4n) is 2.94. The highest BCUT2D eigenvalue weighted by Gasteiger charge is 2.27. The molecule has 0 spiro atoms. The number of para-hydroxylation sites is 1. The lowest BCUT2D eigenvalue weighted by Gasteiger charge is -2.34. The van der Waals surface area contributed by atoms with Gasteiger partial charge in [0.15, 0.2) is 0 Å². The van der Waals surface area contributed by atoms with Crippen molar-refractivity contribution in [2.75, 3.05) is 18.0 Å². The molecule has 0 atom stereocenters. The molecular weight excluding hydrogens is 232 g/mol. The van der Waals surface area contributed by atoms with E-state index in [4.69, 9.17) is 0 Å². The van der Waals surface area contributed by atoms with Crippen molar-refractivity contribution in [2.45, 2.75) is 52.6 Å². The third-order valence-electron chi connectivity index (χ3n) is 4.31. The van der Waals surface area contributed by atoms with Crippen molar-refractivity contribution in [1.29, 1.82) is 0 Å². The van der Waals surface area contributed by atoms with Gasteiger partial charge >= 0.3 is 0 Å². The molecule has 1 aromatic rings. The molecule has 0 aliphatic carbocycles. The maximum Gasteiger partial charge on any atom is 0.0412 e. The molecule has 2 nitrogen and oxygen atoms in total. The SMILES string of the molecule is CCC(CC)CN1CC(C)(C)NCc2ccccc21. The lowest BCUT2D eigenvalue weighted by atomic mass is 10.00. The molecule has 1 aliphatic rings. The number of fused-ring (bicyclic) bond motifs is 1. The molecule has 106 valence electrons. The van der Waals surface area contributed by atoms with Crippen LogP contribution in [0.15, 0.2) is 24.3 Å². The summed E-state index contributed by atoms with van der Waals surface area (Å²) in [4.78, 5) is 2.59. The van der Waals surface area contributed by atoms with Crippen LogP contribution in [0, 0.1) is 5.92 Å². The highest BCUT2D eigenvalue weighted by molar-refractivity contribution is 5.55. The van der Waals surface area contributed by atoms with Crippen LogP contribution in [0.1, 0.15) is 46.1 Å². The first-order chi connectivity index (χ1) is 9.05. The topological polar surface area (TPSA) is 15.3 Å². The van der Waals surface area contributed by atoms with Gasteiger partial charge in [0.1, 0.15) is 0 Å². The Balaban J connectivity index is 2.27. The number of hydrogen-bond donors (Lipinski definition) is 1. The Hall–Kier alpha value is -1.02. The predicted molar refractivity (Wildman–Crippen MR) is 83.6 cm³/mol. The second kappa shape index (κ2) is 5.96. The van der Waals surface area contributed by atoms with E-state index in [1.165, 1.54) is 30.6 Å². The number of benzene rings is 1. The van der Waals surface area contributed by atoms with Crippen molar-refractivity contribution in [3.05, 3.63) is 29.8 Å². The van der Waals surface area contributed by atoms with Crippen LogP contribution >= 0.6 is 0 Å². The Morgan fingerprint density at radius 2 is 1.89 bits per heavy atom. The number of nitrogens with zero attached hydrogens (tertiary/aromatic N) is 1. The van der Waals surface area contributed by atoms with Crippen molar-refractivity contribution in [1.82, 2.24) is 5.32 Å². The molecule has 2 rings (SSSR count). The van der Waals surface area contributed by atoms with Crippen LogP contribution in [0.25, 0.3) is 0 Å². The standard InChI is InChI=1S/C17H28N2/c1-5-14(6-2)12-19-13-17(3,4)18-11-15-9-7-8-10-16(15)19/h7-10,14,18H,5-6,11-13H2,1-4H3. The molecule has 0 aromatic heterocycles. The Bertz CT molecular complexity index is 407. The van der Waals surface area contributed by atoms with Gasteiger partial charge < -0.3 is 10.2 Å². The van der Waals surface area contributed by atoms with E-state index in [-0.39, 0.29) is 5.54 Å². The van der Waals surface area contributed by atoms with Gasteiger partial charge in [0, 0.05) is 30.9 Å². The monoisotopic (exact) mass is 260 g/mol. The minimum absolute atomic E-state index is 0.172. The maximum atomic E-state index is 3.67. The third kappa shape index (κ3) is 3.50. The van der Waals surface area contributed by atoms with Gasteiger partial charge in [-0.2, -0.15) is 0 Å². The lowest BCUT2D eigenvalue weighted by Crippen LogP contribution is -2.47. The highest BCUT2D eigenvalue weighted by atomic mass is 15.2. The summed E-state index contributed by atoms with van der Waals surface area (Å²) in [5.41, 5.74) is 3.02. The second-order valence-corrected chi connectivity index (χ2v) is 6.43. The summed E-state index contributed by atoms with van der Waals surface area (Å²) in [5, 5.41) is 3.67. The van der Waals surface area contributed by atoms with Gasteiger partial charge in [-0.3, -0.25) is 0 Å². The Morgan fingerprint density at radius 1 is 1.21 bits per heavy atom. The minimum Gasteiger partial charge on any atom is -0.369 e. The average Bonchev–Trinajstić information content (AvgIpc) is 2.53. The van der Waals surface area contributed by atoms with Crippen molar-refractivity contribution in [2.24, 2.45) is 5.92 Å². The van der Waals surface area contributed by atoms with Crippen LogP contribution in [0.2, 0.25) is 0 Å². The fourth-order valence-corrected chi connectivity index (χ4v) is 2.94. The normalized spacial score (nSPS) is 18.3. The first-order valence-electron chi connectivity index (χ1n) is 7.63. The van der Waals surface area contributed by atoms with Gasteiger partial charge in [-0.05, 0) is 31.4 Å². The van der Waals surface area contributed by atoms with Crippen LogP contribution in [0.4, 0.5) is 5.69 Å². The molecule has 0 amide bonds. The fraction of sp³-hybridized carbons (Fsp3) is 0.647. The van der Waals surface area contributed by atoms with Gasteiger partial charge in [-0.15, -0.1) is 0 Å². The summed E-state index contributed by atoms with van der Waals surface area (Å²) >= 11 is 0. The van der Waals surface area contributed by atoms with Gasteiger partial charge in [0.2, 0.25) is 0 Å².